The summed E-state index contributed by atoms with van der Waals surface area (Å²) in [6.45, 7) is 0.0580. The Morgan fingerprint density at radius 1 is 1.09 bits per heavy atom. The molecule has 32 heavy (non-hydrogen) atoms. The van der Waals surface area contributed by atoms with Crippen molar-refractivity contribution in [1.29, 1.82) is 0 Å². The molecular weight excluding hydrogens is 452 g/mol. The molecule has 0 bridgehead atoms. The van der Waals surface area contributed by atoms with Crippen molar-refractivity contribution in [2.75, 3.05) is 10.6 Å². The molecule has 0 aliphatic carbocycles. The normalized spacial score (nSPS) is 19.5. The molecule has 2 aliphatic rings. The van der Waals surface area contributed by atoms with Crippen LogP contribution in [0.5, 0.6) is 0 Å². The van der Waals surface area contributed by atoms with Gasteiger partial charge in [-0.2, -0.15) is 18.3 Å². The van der Waals surface area contributed by atoms with Gasteiger partial charge in [-0.15, -0.1) is 0 Å². The molecule has 2 amide bonds. The predicted molar refractivity (Wildman–Crippen MR) is 107 cm³/mol. The van der Waals surface area contributed by atoms with Crippen molar-refractivity contribution in [1.82, 2.24) is 9.78 Å². The second-order valence-electron chi connectivity index (χ2n) is 7.66. The Morgan fingerprint density at radius 2 is 1.81 bits per heavy atom. The number of halogens is 5. The Labute approximate surface area is 183 Å². The van der Waals surface area contributed by atoms with E-state index in [-0.39, 0.29) is 29.5 Å². The van der Waals surface area contributed by atoms with Gasteiger partial charge in [-0.25, -0.2) is 9.07 Å². The van der Waals surface area contributed by atoms with Gasteiger partial charge in [0.1, 0.15) is 17.1 Å². The summed E-state index contributed by atoms with van der Waals surface area (Å²) >= 11 is 5.95. The van der Waals surface area contributed by atoms with E-state index in [9.17, 15) is 27.2 Å². The summed E-state index contributed by atoms with van der Waals surface area (Å²) in [6, 6.07) is 6.98. The molecule has 5 rings (SSSR count). The molecule has 11 heteroatoms. The fourth-order valence-electron chi connectivity index (χ4n) is 4.23. The number of nitrogens with one attached hydrogen (secondary N) is 2. The summed E-state index contributed by atoms with van der Waals surface area (Å²) < 4.78 is 53.8. The van der Waals surface area contributed by atoms with E-state index in [0.29, 0.717) is 16.7 Å². The van der Waals surface area contributed by atoms with Gasteiger partial charge in [0.2, 0.25) is 11.8 Å². The van der Waals surface area contributed by atoms with Crippen LogP contribution in [0.15, 0.2) is 42.6 Å². The molecule has 6 nitrogen and oxygen atoms in total. The van der Waals surface area contributed by atoms with Gasteiger partial charge >= 0.3 is 6.18 Å². The van der Waals surface area contributed by atoms with Crippen molar-refractivity contribution < 1.29 is 27.2 Å². The van der Waals surface area contributed by atoms with Crippen LogP contribution in [0.1, 0.15) is 28.7 Å². The highest BCUT2D eigenvalue weighted by Crippen LogP contribution is 2.50. The van der Waals surface area contributed by atoms with Crippen molar-refractivity contribution in [2.45, 2.75) is 24.6 Å². The largest absolute Gasteiger partial charge is 0.416 e. The number of benzene rings is 2. The molecule has 1 spiro atoms. The number of carbonyl (C=O) groups is 2. The van der Waals surface area contributed by atoms with E-state index in [2.05, 4.69) is 15.7 Å². The molecule has 2 aliphatic heterocycles. The maximum Gasteiger partial charge on any atom is 0.416 e. The number of fused-ring (bicyclic) bond motifs is 4. The number of aromatic nitrogens is 2. The number of alkyl halides is 3. The first kappa shape index (κ1) is 20.5. The van der Waals surface area contributed by atoms with Crippen molar-refractivity contribution in [2.24, 2.45) is 0 Å². The lowest BCUT2D eigenvalue weighted by atomic mass is 9.72. The standard InChI is InChI=1S/C21H13ClF4N4O2/c22-14-5-12-16(6-15(14)23)28-19(32)20(12)7-17(31)29-18-13(20)8-27-30(18)9-10-1-3-11(4-2-10)21(24,25)26/h1-6,8H,7,9H2,(H,28,32)(H,29,31). The number of anilines is 2. The molecule has 1 aromatic heterocycles. The summed E-state index contributed by atoms with van der Waals surface area (Å²) in [7, 11) is 0. The first-order valence-corrected chi connectivity index (χ1v) is 9.80. The highest BCUT2D eigenvalue weighted by atomic mass is 35.5. The molecular formula is C21H13ClF4N4O2. The Hall–Kier alpha value is -3.40. The van der Waals surface area contributed by atoms with E-state index < -0.39 is 34.8 Å². The van der Waals surface area contributed by atoms with E-state index in [0.717, 1.165) is 18.2 Å². The summed E-state index contributed by atoms with van der Waals surface area (Å²) in [5.41, 5.74) is -0.739. The quantitative estimate of drug-likeness (QED) is 0.554. The van der Waals surface area contributed by atoms with Gasteiger partial charge in [0, 0.05) is 17.7 Å². The monoisotopic (exact) mass is 464 g/mol. The predicted octanol–water partition coefficient (Wildman–Crippen LogP) is 4.32. The van der Waals surface area contributed by atoms with Crippen LogP contribution < -0.4 is 10.6 Å². The molecule has 3 heterocycles. The van der Waals surface area contributed by atoms with Gasteiger partial charge in [0.25, 0.3) is 0 Å². The molecule has 0 radical (unpaired) electrons. The van der Waals surface area contributed by atoms with Crippen LogP contribution in [0.3, 0.4) is 0 Å². The van der Waals surface area contributed by atoms with Crippen LogP contribution in [-0.4, -0.2) is 21.6 Å². The van der Waals surface area contributed by atoms with Gasteiger partial charge in [-0.1, -0.05) is 23.7 Å². The number of hydrogen-bond donors (Lipinski definition) is 2. The number of carbonyl (C=O) groups excluding carboxylic acids is 2. The fourth-order valence-corrected chi connectivity index (χ4v) is 4.40. The molecule has 2 N–H and O–H groups in total. The Balaban J connectivity index is 1.58. The number of amides is 2. The highest BCUT2D eigenvalue weighted by Gasteiger charge is 2.54. The third kappa shape index (κ3) is 2.97. The first-order valence-electron chi connectivity index (χ1n) is 9.43. The van der Waals surface area contributed by atoms with Crippen LogP contribution >= 0.6 is 11.6 Å². The zero-order valence-corrected chi connectivity index (χ0v) is 16.8. The van der Waals surface area contributed by atoms with Gasteiger partial charge in [-0.05, 0) is 35.4 Å². The maximum absolute atomic E-state index is 13.9. The fraction of sp³-hybridized carbons (Fsp3) is 0.190. The summed E-state index contributed by atoms with van der Waals surface area (Å²) in [5, 5.41) is 9.36. The summed E-state index contributed by atoms with van der Waals surface area (Å²) in [5.74, 6) is -1.44. The topological polar surface area (TPSA) is 76.0 Å². The molecule has 164 valence electrons. The number of rotatable bonds is 2. The SMILES string of the molecule is O=C1CC2(C(=O)Nc3cc(F)c(Cl)cc32)c2cnn(Cc3ccc(C(F)(F)F)cc3)c2N1. The molecule has 1 atom stereocenters. The van der Waals surface area contributed by atoms with E-state index >= 15 is 0 Å². The van der Waals surface area contributed by atoms with Crippen LogP contribution in [0, 0.1) is 5.82 Å². The van der Waals surface area contributed by atoms with Crippen molar-refractivity contribution in [3.63, 3.8) is 0 Å². The minimum Gasteiger partial charge on any atom is -0.325 e. The van der Waals surface area contributed by atoms with Crippen molar-refractivity contribution in [3.8, 4) is 0 Å². The second-order valence-corrected chi connectivity index (χ2v) is 8.06. The Kier molecular flexibility index (Phi) is 4.35. The van der Waals surface area contributed by atoms with Crippen molar-refractivity contribution in [3.05, 3.63) is 75.7 Å². The van der Waals surface area contributed by atoms with Gasteiger partial charge < -0.3 is 10.6 Å². The number of nitrogens with zero attached hydrogens (tertiary/aromatic N) is 2. The molecule has 3 aromatic rings. The van der Waals surface area contributed by atoms with Gasteiger partial charge in [-0.3, -0.25) is 9.59 Å². The van der Waals surface area contributed by atoms with Crippen LogP contribution in [0.2, 0.25) is 5.02 Å². The zero-order chi connectivity index (χ0) is 22.8. The van der Waals surface area contributed by atoms with Crippen LogP contribution in [0.4, 0.5) is 29.1 Å². The minimum atomic E-state index is -4.45. The Morgan fingerprint density at radius 3 is 2.50 bits per heavy atom. The van der Waals surface area contributed by atoms with E-state index in [4.69, 9.17) is 11.6 Å². The summed E-state index contributed by atoms with van der Waals surface area (Å²) in [6.07, 6.45) is -3.26. The van der Waals surface area contributed by atoms with Gasteiger partial charge in [0.05, 0.1) is 23.3 Å². The third-order valence-electron chi connectivity index (χ3n) is 5.75. The van der Waals surface area contributed by atoms with Crippen LogP contribution in [-0.2, 0) is 27.7 Å². The minimum absolute atomic E-state index is 0.0580. The summed E-state index contributed by atoms with van der Waals surface area (Å²) in [4.78, 5) is 25.6. The Bertz CT molecular complexity index is 1290. The lowest BCUT2D eigenvalue weighted by Crippen LogP contribution is -2.43. The average molecular weight is 465 g/mol. The molecule has 0 fully saturated rings. The highest BCUT2D eigenvalue weighted by molar-refractivity contribution is 6.31. The lowest BCUT2D eigenvalue weighted by molar-refractivity contribution is -0.137. The van der Waals surface area contributed by atoms with Crippen LogP contribution in [0.25, 0.3) is 0 Å². The van der Waals surface area contributed by atoms with Gasteiger partial charge in [0.15, 0.2) is 0 Å². The third-order valence-corrected chi connectivity index (χ3v) is 6.04. The average Bonchev–Trinajstić information content (AvgIpc) is 3.22. The molecule has 1 unspecified atom stereocenters. The smallest absolute Gasteiger partial charge is 0.325 e. The second kappa shape index (κ2) is 6.80. The first-order chi connectivity index (χ1) is 15.1. The molecule has 2 aromatic carbocycles. The molecule has 0 saturated carbocycles. The van der Waals surface area contributed by atoms with E-state index in [1.807, 2.05) is 0 Å². The maximum atomic E-state index is 13.9. The van der Waals surface area contributed by atoms with E-state index in [1.165, 1.54) is 29.1 Å². The number of hydrogen-bond acceptors (Lipinski definition) is 3. The lowest BCUT2D eigenvalue weighted by Gasteiger charge is -2.31. The van der Waals surface area contributed by atoms with Crippen molar-refractivity contribution >= 4 is 34.9 Å². The zero-order valence-electron chi connectivity index (χ0n) is 16.1. The van der Waals surface area contributed by atoms with E-state index in [1.54, 1.807) is 0 Å². The molecule has 0 saturated heterocycles.